The van der Waals surface area contributed by atoms with Crippen molar-refractivity contribution in [3.63, 3.8) is 0 Å². The van der Waals surface area contributed by atoms with Gasteiger partial charge in [-0.1, -0.05) is 71.5 Å². The van der Waals surface area contributed by atoms with Gasteiger partial charge >= 0.3 is 0 Å². The zero-order chi connectivity index (χ0) is 23.7. The summed E-state index contributed by atoms with van der Waals surface area (Å²) >= 11 is 9.95. The summed E-state index contributed by atoms with van der Waals surface area (Å²) in [6, 6.07) is 6.41. The van der Waals surface area contributed by atoms with Crippen molar-refractivity contribution in [1.29, 1.82) is 0 Å². The summed E-state index contributed by atoms with van der Waals surface area (Å²) in [5.41, 5.74) is 10.5. The summed E-state index contributed by atoms with van der Waals surface area (Å²) in [6.45, 7) is 6.00. The van der Waals surface area contributed by atoms with E-state index in [-0.39, 0.29) is 10.9 Å². The van der Waals surface area contributed by atoms with Crippen LogP contribution in [0.3, 0.4) is 0 Å². The number of likely N-dealkylation sites (tertiary alicyclic amines) is 1. The molecule has 0 spiro atoms. The number of alkyl halides is 1. The maximum atomic E-state index is 6.87. The molecule has 2 heterocycles. The molecule has 1 saturated heterocycles. The summed E-state index contributed by atoms with van der Waals surface area (Å²) in [5, 5.41) is 0.0789. The molecule has 5 heteroatoms. The van der Waals surface area contributed by atoms with E-state index in [4.69, 9.17) is 22.1 Å². The first-order chi connectivity index (χ1) is 16.4. The van der Waals surface area contributed by atoms with Crippen molar-refractivity contribution in [1.82, 2.24) is 4.90 Å². The minimum absolute atomic E-state index is 0.0789. The quantitative estimate of drug-likeness (QED) is 0.442. The van der Waals surface area contributed by atoms with Crippen molar-refractivity contribution in [2.24, 2.45) is 23.5 Å². The van der Waals surface area contributed by atoms with Crippen molar-refractivity contribution in [3.05, 3.63) is 82.4 Å². The zero-order valence-electron chi connectivity index (χ0n) is 19.8. The van der Waals surface area contributed by atoms with Crippen LogP contribution in [0.4, 0.5) is 0 Å². The first-order valence-electron chi connectivity index (χ1n) is 12.5. The van der Waals surface area contributed by atoms with Gasteiger partial charge in [-0.05, 0) is 54.5 Å². The van der Waals surface area contributed by atoms with E-state index >= 15 is 0 Å². The van der Waals surface area contributed by atoms with Crippen molar-refractivity contribution >= 4 is 33.1 Å². The summed E-state index contributed by atoms with van der Waals surface area (Å²) in [4.78, 5) is 2.56. The number of ether oxygens (including phenoxy) is 1. The van der Waals surface area contributed by atoms with Gasteiger partial charge in [0.15, 0.2) is 0 Å². The van der Waals surface area contributed by atoms with Crippen molar-refractivity contribution in [2.75, 3.05) is 26.2 Å². The number of allylic oxidation sites excluding steroid dienone is 6. The number of benzene rings is 1. The molecular weight excluding hydrogens is 508 g/mol. The van der Waals surface area contributed by atoms with Gasteiger partial charge in [0.25, 0.3) is 0 Å². The van der Waals surface area contributed by atoms with Crippen LogP contribution in [-0.4, -0.2) is 42.1 Å². The van der Waals surface area contributed by atoms with Gasteiger partial charge in [-0.25, -0.2) is 0 Å². The highest BCUT2D eigenvalue weighted by Crippen LogP contribution is 2.42. The van der Waals surface area contributed by atoms with Crippen LogP contribution in [0.25, 0.3) is 5.57 Å². The minimum Gasteiger partial charge on any atom is -0.492 e. The van der Waals surface area contributed by atoms with Crippen molar-refractivity contribution in [2.45, 2.75) is 37.1 Å². The third kappa shape index (κ3) is 5.02. The number of fused-ring (bicyclic) bond motifs is 2. The standard InChI is InChI=1S/C29H34BrClN2O/c1-20-17-22(8-11-27(20)31)29(32)12-15-33(16-13-29)14-4-7-25-24-6-3-2-5-21(24)19-34-28-18-23(30)9-10-26(25)28/h2-3,5-11,17-18,20-21,24,27H,4,12-16,19,32H2,1H3. The minimum atomic E-state index is -0.228. The summed E-state index contributed by atoms with van der Waals surface area (Å²) in [7, 11) is 0. The lowest BCUT2D eigenvalue weighted by Gasteiger charge is -2.41. The maximum absolute atomic E-state index is 6.87. The normalized spacial score (nSPS) is 31.4. The highest BCUT2D eigenvalue weighted by atomic mass is 79.9. The molecule has 4 atom stereocenters. The van der Waals surface area contributed by atoms with Crippen LogP contribution in [0.15, 0.2) is 76.9 Å². The Labute approximate surface area is 217 Å². The fraction of sp³-hybridized carbons (Fsp3) is 0.448. The lowest BCUT2D eigenvalue weighted by atomic mass is 9.78. The van der Waals surface area contributed by atoms with Gasteiger partial charge in [-0.15, -0.1) is 11.6 Å². The Balaban J connectivity index is 1.26. The Hall–Kier alpha value is -1.59. The average Bonchev–Trinajstić information content (AvgIpc) is 2.99. The van der Waals surface area contributed by atoms with E-state index in [9.17, 15) is 0 Å². The lowest BCUT2D eigenvalue weighted by molar-refractivity contribution is 0.183. The summed E-state index contributed by atoms with van der Waals surface area (Å²) in [5.74, 6) is 2.06. The number of halogens is 2. The molecule has 2 aliphatic heterocycles. The van der Waals surface area contributed by atoms with Crippen molar-refractivity contribution in [3.8, 4) is 5.75 Å². The first kappa shape index (κ1) is 24.1. The lowest BCUT2D eigenvalue weighted by Crippen LogP contribution is -2.51. The highest BCUT2D eigenvalue weighted by Gasteiger charge is 2.35. The summed E-state index contributed by atoms with van der Waals surface area (Å²) < 4.78 is 7.28. The molecule has 34 heavy (non-hydrogen) atoms. The Morgan fingerprint density at radius 3 is 2.79 bits per heavy atom. The average molecular weight is 542 g/mol. The Bertz CT molecular complexity index is 1060. The van der Waals surface area contributed by atoms with E-state index in [1.54, 1.807) is 0 Å². The monoisotopic (exact) mass is 540 g/mol. The molecule has 1 aromatic rings. The van der Waals surface area contributed by atoms with Crippen LogP contribution in [0.5, 0.6) is 5.75 Å². The second kappa shape index (κ2) is 10.2. The molecule has 0 amide bonds. The topological polar surface area (TPSA) is 38.5 Å². The van der Waals surface area contributed by atoms with E-state index in [1.807, 2.05) is 0 Å². The first-order valence-corrected chi connectivity index (χ1v) is 13.7. The molecule has 4 unspecified atom stereocenters. The van der Waals surface area contributed by atoms with Gasteiger partial charge in [-0.3, -0.25) is 0 Å². The predicted molar refractivity (Wildman–Crippen MR) is 146 cm³/mol. The van der Waals surface area contributed by atoms with Crippen LogP contribution in [0, 0.1) is 17.8 Å². The van der Waals surface area contributed by atoms with E-state index in [1.165, 1.54) is 16.7 Å². The smallest absolute Gasteiger partial charge is 0.127 e. The van der Waals surface area contributed by atoms with Crippen molar-refractivity contribution < 1.29 is 4.74 Å². The van der Waals surface area contributed by atoms with Gasteiger partial charge in [0.2, 0.25) is 0 Å². The Kier molecular flexibility index (Phi) is 7.22. The third-order valence-electron chi connectivity index (χ3n) is 7.83. The van der Waals surface area contributed by atoms with Gasteiger partial charge in [0.1, 0.15) is 5.75 Å². The van der Waals surface area contributed by atoms with E-state index < -0.39 is 0 Å². The zero-order valence-corrected chi connectivity index (χ0v) is 22.1. The summed E-state index contributed by atoms with van der Waals surface area (Å²) in [6.07, 6.45) is 20.9. The Morgan fingerprint density at radius 2 is 2.00 bits per heavy atom. The molecule has 4 aliphatic rings. The highest BCUT2D eigenvalue weighted by molar-refractivity contribution is 9.10. The molecule has 1 aromatic carbocycles. The van der Waals surface area contributed by atoms with Crippen LogP contribution in [0.1, 0.15) is 31.7 Å². The van der Waals surface area contributed by atoms with E-state index in [0.717, 1.165) is 49.1 Å². The third-order valence-corrected chi connectivity index (χ3v) is 8.87. The molecule has 2 aliphatic carbocycles. The number of piperidine rings is 1. The molecular formula is C29H34BrClN2O. The number of hydrogen-bond acceptors (Lipinski definition) is 3. The van der Waals surface area contributed by atoms with Gasteiger partial charge in [0, 0.05) is 47.0 Å². The largest absolute Gasteiger partial charge is 0.492 e. The molecule has 2 N–H and O–H groups in total. The number of nitrogens with zero attached hydrogens (tertiary/aromatic N) is 1. The molecule has 0 radical (unpaired) electrons. The van der Waals surface area contributed by atoms with Gasteiger partial charge in [-0.2, -0.15) is 0 Å². The van der Waals surface area contributed by atoms with E-state index in [2.05, 4.69) is 94.6 Å². The second-order valence-corrected chi connectivity index (χ2v) is 11.6. The molecule has 180 valence electrons. The fourth-order valence-electron chi connectivity index (χ4n) is 5.61. The molecule has 0 saturated carbocycles. The van der Waals surface area contributed by atoms with E-state index in [0.29, 0.717) is 24.4 Å². The number of rotatable bonds is 4. The van der Waals surface area contributed by atoms with Crippen LogP contribution in [0.2, 0.25) is 0 Å². The molecule has 1 fully saturated rings. The molecule has 0 aromatic heterocycles. The molecule has 0 bridgehead atoms. The maximum Gasteiger partial charge on any atom is 0.127 e. The van der Waals surface area contributed by atoms with Crippen LogP contribution in [-0.2, 0) is 0 Å². The predicted octanol–water partition coefficient (Wildman–Crippen LogP) is 6.51. The van der Waals surface area contributed by atoms with Crippen LogP contribution < -0.4 is 10.5 Å². The Morgan fingerprint density at radius 1 is 1.21 bits per heavy atom. The molecule has 5 rings (SSSR count). The number of nitrogens with two attached hydrogens (primary N) is 1. The number of hydrogen-bond donors (Lipinski definition) is 1. The molecule has 3 nitrogen and oxygen atoms in total. The SMILES string of the molecule is CC1C=C(C2(N)CCN(CCC=C3c4ccc(Br)cc4OCC4C=CC=CC34)CC2)C=CC1Cl. The fourth-order valence-corrected chi connectivity index (χ4v) is 6.10. The van der Waals surface area contributed by atoms with Gasteiger partial charge < -0.3 is 15.4 Å². The van der Waals surface area contributed by atoms with Gasteiger partial charge in [0.05, 0.1) is 12.0 Å². The van der Waals surface area contributed by atoms with Crippen LogP contribution >= 0.6 is 27.5 Å². The second-order valence-electron chi connectivity index (χ2n) is 10.1.